The van der Waals surface area contributed by atoms with Crippen LogP contribution in [0.1, 0.15) is 0 Å². The van der Waals surface area contributed by atoms with Crippen LogP contribution in [-0.4, -0.2) is 27.3 Å². The molecule has 6 heteroatoms. The summed E-state index contributed by atoms with van der Waals surface area (Å²) in [7, 11) is 0. The molecule has 4 aliphatic heterocycles. The molecule has 10 aromatic rings. The Bertz CT molecular complexity index is 3230. The van der Waals surface area contributed by atoms with Gasteiger partial charge in [0.2, 0.25) is 0 Å². The summed E-state index contributed by atoms with van der Waals surface area (Å²) >= 11 is 0. The quantitative estimate of drug-likeness (QED) is 0.162. The summed E-state index contributed by atoms with van der Waals surface area (Å²) < 4.78 is 15.0. The van der Waals surface area contributed by atoms with E-state index in [9.17, 15) is 0 Å². The van der Waals surface area contributed by atoms with Crippen molar-refractivity contribution in [2.75, 3.05) is 0 Å². The average molecular weight is 605 g/mol. The molecule has 0 saturated heterocycles. The molecule has 0 unspecified atom stereocenters. The van der Waals surface area contributed by atoms with Crippen LogP contribution in [0.15, 0.2) is 127 Å². The molecular weight excluding hydrogens is 584 g/mol. The predicted molar refractivity (Wildman–Crippen MR) is 199 cm³/mol. The summed E-state index contributed by atoms with van der Waals surface area (Å²) in [4.78, 5) is 0. The van der Waals surface area contributed by atoms with Crippen molar-refractivity contribution in [1.82, 2.24) is 13.4 Å². The summed E-state index contributed by atoms with van der Waals surface area (Å²) in [6.45, 7) is -0.0357. The van der Waals surface area contributed by atoms with E-state index in [-0.39, 0.29) is 13.8 Å². The van der Waals surface area contributed by atoms with Crippen molar-refractivity contribution in [3.8, 4) is 33.8 Å². The largest absolute Gasteiger partial charge is 0.458 e. The molecule has 3 aromatic heterocycles. The zero-order valence-corrected chi connectivity index (χ0v) is 25.5. The summed E-state index contributed by atoms with van der Waals surface area (Å²) in [5, 5.41) is 7.87. The fraction of sp³-hybridized carbons (Fsp3) is 0. The number of aromatic nitrogens is 3. The molecule has 4 nitrogen and oxygen atoms in total. The number of ether oxygens (including phenoxy) is 1. The maximum atomic E-state index is 6.99. The van der Waals surface area contributed by atoms with Crippen molar-refractivity contribution in [2.45, 2.75) is 0 Å². The first kappa shape index (κ1) is 23.2. The molecule has 216 valence electrons. The maximum absolute atomic E-state index is 6.99. The molecular formula is C42H21B2N3O. The molecule has 7 aromatic carbocycles. The average Bonchev–Trinajstić information content (AvgIpc) is 3.78. The molecule has 0 aliphatic carbocycles. The zero-order chi connectivity index (χ0) is 30.6. The summed E-state index contributed by atoms with van der Waals surface area (Å²) in [6, 6.07) is 47.5. The van der Waals surface area contributed by atoms with Gasteiger partial charge in [0.15, 0.2) is 0 Å². The van der Waals surface area contributed by atoms with Gasteiger partial charge in [0.1, 0.15) is 11.5 Å². The van der Waals surface area contributed by atoms with Crippen molar-refractivity contribution >= 4 is 95.6 Å². The molecule has 0 spiro atoms. The number of hydrogen-bond acceptors (Lipinski definition) is 1. The number of para-hydroxylation sites is 5. The van der Waals surface area contributed by atoms with Gasteiger partial charge < -0.3 is 18.2 Å². The van der Waals surface area contributed by atoms with Crippen molar-refractivity contribution in [3.63, 3.8) is 0 Å². The van der Waals surface area contributed by atoms with Crippen LogP contribution in [-0.2, 0) is 0 Å². The number of rotatable bonds is 0. The van der Waals surface area contributed by atoms with Gasteiger partial charge in [-0.25, -0.2) is 0 Å². The summed E-state index contributed by atoms with van der Waals surface area (Å²) in [5.74, 6) is 1.92. The van der Waals surface area contributed by atoms with Crippen molar-refractivity contribution in [2.24, 2.45) is 0 Å². The van der Waals surface area contributed by atoms with Gasteiger partial charge in [0, 0.05) is 76.5 Å². The summed E-state index contributed by atoms with van der Waals surface area (Å²) in [6.07, 6.45) is 0. The number of benzene rings is 7. The standard InChI is InChI=1S/C42H21B2N3O/c1-6-17-32-22(10-1)25-13-9-14-26-27-21-35-39-36-37-41-28(23-11-2-5-16-31(23)45(41)43(39)30-15-4-8-19-34(30)48-35)20-29-24-12-3-7-18-33(24)47(42(29)37)44(38(27)36)46(32)40(25)26/h1-21H. The van der Waals surface area contributed by atoms with Gasteiger partial charge in [-0.1, -0.05) is 91.0 Å². The monoisotopic (exact) mass is 605 g/mol. The molecule has 0 radical (unpaired) electrons. The van der Waals surface area contributed by atoms with Crippen LogP contribution in [0.2, 0.25) is 0 Å². The van der Waals surface area contributed by atoms with E-state index in [0.29, 0.717) is 0 Å². The first-order valence-electron chi connectivity index (χ1n) is 16.8. The maximum Gasteiger partial charge on any atom is 0.422 e. The summed E-state index contributed by atoms with van der Waals surface area (Å²) in [5.41, 5.74) is 17.0. The molecule has 4 aliphatic rings. The highest BCUT2D eigenvalue weighted by Crippen LogP contribution is 2.52. The molecule has 0 atom stereocenters. The Kier molecular flexibility index (Phi) is 3.57. The van der Waals surface area contributed by atoms with Gasteiger partial charge >= 0.3 is 13.8 Å². The lowest BCUT2D eigenvalue weighted by Crippen LogP contribution is -2.59. The van der Waals surface area contributed by atoms with E-state index in [1.54, 1.807) is 0 Å². The molecule has 0 N–H and O–H groups in total. The molecule has 0 saturated carbocycles. The molecule has 0 amide bonds. The molecule has 7 heterocycles. The molecule has 0 bridgehead atoms. The Balaban J connectivity index is 1.33. The predicted octanol–water partition coefficient (Wildman–Crippen LogP) is 7.84. The number of nitrogens with zero attached hydrogens (tertiary/aromatic N) is 3. The second-order valence-electron chi connectivity index (χ2n) is 13.9. The van der Waals surface area contributed by atoms with Crippen molar-refractivity contribution in [3.05, 3.63) is 127 Å². The van der Waals surface area contributed by atoms with E-state index in [1.807, 2.05) is 0 Å². The van der Waals surface area contributed by atoms with Crippen LogP contribution < -0.4 is 21.1 Å². The van der Waals surface area contributed by atoms with Crippen molar-refractivity contribution < 1.29 is 4.74 Å². The zero-order valence-electron chi connectivity index (χ0n) is 25.5. The van der Waals surface area contributed by atoms with Crippen LogP contribution in [0.5, 0.6) is 11.5 Å². The molecule has 14 rings (SSSR count). The lowest BCUT2D eigenvalue weighted by molar-refractivity contribution is 0.487. The smallest absolute Gasteiger partial charge is 0.422 e. The SMILES string of the molecule is c1ccc2c(c1)Oc1cc3c4c5c1B2n1c2ccccc2c2cc6c7ccccc7n(c6c-5c21)B4n1c2ccccc2c2cccc-3c21. The highest BCUT2D eigenvalue weighted by Gasteiger charge is 2.50. The highest BCUT2D eigenvalue weighted by atomic mass is 16.5. The fourth-order valence-corrected chi connectivity index (χ4v) is 10.4. The van der Waals surface area contributed by atoms with Gasteiger partial charge in [-0.05, 0) is 63.9 Å². The normalized spacial score (nSPS) is 14.3. The lowest BCUT2D eigenvalue weighted by atomic mass is 9.43. The highest BCUT2D eigenvalue weighted by molar-refractivity contribution is 6.91. The Morgan fingerprint density at radius 3 is 1.79 bits per heavy atom. The van der Waals surface area contributed by atoms with Gasteiger partial charge in [0.25, 0.3) is 0 Å². The van der Waals surface area contributed by atoms with Crippen molar-refractivity contribution in [1.29, 1.82) is 0 Å². The fourth-order valence-electron chi connectivity index (χ4n) is 10.4. The van der Waals surface area contributed by atoms with Crippen LogP contribution in [0.25, 0.3) is 87.7 Å². The van der Waals surface area contributed by atoms with Crippen LogP contribution in [0, 0.1) is 0 Å². The second-order valence-corrected chi connectivity index (χ2v) is 13.9. The van der Waals surface area contributed by atoms with E-state index < -0.39 is 0 Å². The van der Waals surface area contributed by atoms with Crippen LogP contribution >= 0.6 is 0 Å². The van der Waals surface area contributed by atoms with Crippen LogP contribution in [0.4, 0.5) is 0 Å². The molecule has 0 fully saturated rings. The van der Waals surface area contributed by atoms with Crippen LogP contribution in [0.3, 0.4) is 0 Å². The Morgan fingerprint density at radius 1 is 0.417 bits per heavy atom. The second kappa shape index (κ2) is 7.37. The minimum atomic E-state index is -0.0429. The Morgan fingerprint density at radius 2 is 1.02 bits per heavy atom. The third kappa shape index (κ3) is 2.24. The third-order valence-corrected chi connectivity index (χ3v) is 12.0. The Labute approximate surface area is 274 Å². The van der Waals surface area contributed by atoms with Gasteiger partial charge in [0.05, 0.1) is 0 Å². The number of fused-ring (bicyclic) bond motifs is 15. The van der Waals surface area contributed by atoms with Gasteiger partial charge in [-0.3, -0.25) is 0 Å². The van der Waals surface area contributed by atoms with Gasteiger partial charge in [-0.2, -0.15) is 0 Å². The van der Waals surface area contributed by atoms with E-state index in [1.165, 1.54) is 104 Å². The van der Waals surface area contributed by atoms with E-state index >= 15 is 0 Å². The minimum absolute atomic E-state index is 0.00720. The minimum Gasteiger partial charge on any atom is -0.458 e. The lowest BCUT2D eigenvalue weighted by Gasteiger charge is -2.41. The van der Waals surface area contributed by atoms with E-state index in [2.05, 4.69) is 141 Å². The van der Waals surface area contributed by atoms with E-state index in [4.69, 9.17) is 4.74 Å². The van der Waals surface area contributed by atoms with E-state index in [0.717, 1.165) is 11.5 Å². The van der Waals surface area contributed by atoms with Gasteiger partial charge in [-0.15, -0.1) is 0 Å². The first-order chi connectivity index (χ1) is 23.9. The molecule has 48 heavy (non-hydrogen) atoms. The number of hydrogen-bond donors (Lipinski definition) is 0. The third-order valence-electron chi connectivity index (χ3n) is 12.0. The first-order valence-corrected chi connectivity index (χ1v) is 16.8. The Hall–Kier alpha value is -6.13. The topological polar surface area (TPSA) is 24.0 Å².